The molecule has 1 saturated heterocycles. The highest BCUT2D eigenvalue weighted by Gasteiger charge is 2.74. The van der Waals surface area contributed by atoms with Crippen LogP contribution in [0.4, 0.5) is 0 Å². The van der Waals surface area contributed by atoms with Crippen LogP contribution in [0.25, 0.3) is 0 Å². The van der Waals surface area contributed by atoms with Gasteiger partial charge in [0.25, 0.3) is 0 Å². The molecule has 2 rings (SSSR count). The van der Waals surface area contributed by atoms with E-state index in [4.69, 9.17) is 4.52 Å². The lowest BCUT2D eigenvalue weighted by atomic mass is 9.81. The third-order valence-corrected chi connectivity index (χ3v) is 10.2. The van der Waals surface area contributed by atoms with Crippen LogP contribution in [0.5, 0.6) is 0 Å². The van der Waals surface area contributed by atoms with E-state index in [2.05, 4.69) is 65.0 Å². The molecule has 1 atom stereocenters. The molecule has 2 heteroatoms. The summed E-state index contributed by atoms with van der Waals surface area (Å²) in [5.74, 6) is 0. The molecule has 1 aromatic rings. The van der Waals surface area contributed by atoms with Gasteiger partial charge < -0.3 is 0 Å². The van der Waals surface area contributed by atoms with E-state index in [1.54, 1.807) is 0 Å². The van der Waals surface area contributed by atoms with E-state index in [9.17, 15) is 0 Å². The molecule has 1 aromatic carbocycles. The van der Waals surface area contributed by atoms with Gasteiger partial charge in [-0.15, -0.1) is 0 Å². The van der Waals surface area contributed by atoms with Crippen LogP contribution >= 0.6 is 7.49 Å². The second-order valence-corrected chi connectivity index (χ2v) is 9.78. The molecule has 1 aliphatic heterocycles. The first-order valence-electron chi connectivity index (χ1n) is 6.46. The van der Waals surface area contributed by atoms with Crippen LogP contribution in [-0.4, -0.2) is 17.9 Å². The minimum atomic E-state index is -1.45. The zero-order valence-corrected chi connectivity index (χ0v) is 12.6. The molecular formula is C15H24OP+. The smallest absolute Gasteiger partial charge is 0.184 e. The highest BCUT2D eigenvalue weighted by molar-refractivity contribution is 7.81. The van der Waals surface area contributed by atoms with E-state index in [-0.39, 0.29) is 5.16 Å². The average molecular weight is 251 g/mol. The number of hydrogen-bond donors (Lipinski definition) is 0. The summed E-state index contributed by atoms with van der Waals surface area (Å²) in [7, 11) is -1.45. The third kappa shape index (κ3) is 1.67. The first-order chi connectivity index (χ1) is 7.87. The molecule has 0 amide bonds. The number of benzene rings is 1. The highest BCUT2D eigenvalue weighted by atomic mass is 31.2. The highest BCUT2D eigenvalue weighted by Crippen LogP contribution is 2.83. The van der Waals surface area contributed by atoms with Crippen LogP contribution in [-0.2, 0) is 4.52 Å². The van der Waals surface area contributed by atoms with Gasteiger partial charge >= 0.3 is 0 Å². The Morgan fingerprint density at radius 3 is 2.12 bits per heavy atom. The summed E-state index contributed by atoms with van der Waals surface area (Å²) in [4.78, 5) is 0. The molecule has 1 fully saturated rings. The fourth-order valence-electron chi connectivity index (χ4n) is 2.93. The van der Waals surface area contributed by atoms with Crippen molar-refractivity contribution in [3.05, 3.63) is 30.3 Å². The zero-order chi connectivity index (χ0) is 12.7. The molecule has 94 valence electrons. The van der Waals surface area contributed by atoms with Gasteiger partial charge in [-0.05, 0) is 32.9 Å². The Morgan fingerprint density at radius 1 is 1.12 bits per heavy atom. The summed E-state index contributed by atoms with van der Waals surface area (Å²) < 4.78 is 6.31. The average Bonchev–Trinajstić information content (AvgIpc) is 2.29. The Bertz CT molecular complexity index is 397. The van der Waals surface area contributed by atoms with Gasteiger partial charge in [-0.1, -0.05) is 32.0 Å². The van der Waals surface area contributed by atoms with Crippen molar-refractivity contribution in [1.82, 2.24) is 0 Å². The van der Waals surface area contributed by atoms with Crippen molar-refractivity contribution in [2.45, 2.75) is 39.8 Å². The second kappa shape index (κ2) is 4.07. The van der Waals surface area contributed by atoms with E-state index in [0.717, 1.165) is 6.61 Å². The van der Waals surface area contributed by atoms with Crippen LogP contribution in [0.2, 0.25) is 0 Å². The Labute approximate surface area is 106 Å². The van der Waals surface area contributed by atoms with Gasteiger partial charge in [-0.25, -0.2) is 4.52 Å². The molecule has 1 heterocycles. The van der Waals surface area contributed by atoms with E-state index in [1.165, 1.54) is 11.5 Å². The van der Waals surface area contributed by atoms with Crippen LogP contribution in [0, 0.1) is 5.41 Å². The summed E-state index contributed by atoms with van der Waals surface area (Å²) in [6.07, 6.45) is 1.21. The Hall–Kier alpha value is -0.390. The van der Waals surface area contributed by atoms with Crippen LogP contribution in [0.3, 0.4) is 0 Å². The van der Waals surface area contributed by atoms with E-state index in [1.807, 2.05) is 0 Å². The van der Waals surface area contributed by atoms with Crippen molar-refractivity contribution < 1.29 is 4.52 Å². The molecule has 0 aliphatic carbocycles. The molecule has 0 N–H and O–H groups in total. The fourth-order valence-corrected chi connectivity index (χ4v) is 8.11. The van der Waals surface area contributed by atoms with Gasteiger partial charge in [0, 0.05) is 5.41 Å². The van der Waals surface area contributed by atoms with Gasteiger partial charge in [0.1, 0.15) is 16.6 Å². The van der Waals surface area contributed by atoms with E-state index >= 15 is 0 Å². The monoisotopic (exact) mass is 251 g/mol. The van der Waals surface area contributed by atoms with Crippen molar-refractivity contribution >= 4 is 12.8 Å². The van der Waals surface area contributed by atoms with E-state index < -0.39 is 7.49 Å². The van der Waals surface area contributed by atoms with Crippen molar-refractivity contribution in [2.75, 3.05) is 12.8 Å². The molecule has 0 bridgehead atoms. The Morgan fingerprint density at radius 2 is 1.71 bits per heavy atom. The van der Waals surface area contributed by atoms with Crippen LogP contribution in [0.15, 0.2) is 30.3 Å². The molecule has 0 radical (unpaired) electrons. The van der Waals surface area contributed by atoms with Crippen LogP contribution in [0.1, 0.15) is 34.6 Å². The summed E-state index contributed by atoms with van der Waals surface area (Å²) in [5.41, 5.74) is 0.381. The lowest BCUT2D eigenvalue weighted by Gasteiger charge is -2.58. The summed E-state index contributed by atoms with van der Waals surface area (Å²) in [5, 5.41) is 1.71. The molecule has 1 unspecified atom stereocenters. The third-order valence-electron chi connectivity index (χ3n) is 4.70. The van der Waals surface area contributed by atoms with Crippen LogP contribution < -0.4 is 5.30 Å². The minimum Gasteiger partial charge on any atom is -0.232 e. The maximum absolute atomic E-state index is 6.31. The maximum Gasteiger partial charge on any atom is 0.184 e. The van der Waals surface area contributed by atoms with Gasteiger partial charge in [0.05, 0.1) is 6.61 Å². The molecule has 1 nitrogen and oxygen atoms in total. The topological polar surface area (TPSA) is 9.23 Å². The van der Waals surface area contributed by atoms with Crippen molar-refractivity contribution in [1.29, 1.82) is 0 Å². The summed E-state index contributed by atoms with van der Waals surface area (Å²) in [6, 6.07) is 10.9. The normalized spacial score (nSPS) is 29.7. The first kappa shape index (κ1) is 13.1. The SMILES string of the molecule is CCO[P+]1(c2ccccc2)CC(C)(C)C1(C)C. The predicted octanol–water partition coefficient (Wildman–Crippen LogP) is 4.10. The zero-order valence-electron chi connectivity index (χ0n) is 11.7. The van der Waals surface area contributed by atoms with Gasteiger partial charge in [-0.2, -0.15) is 0 Å². The second-order valence-electron chi connectivity index (χ2n) is 6.09. The predicted molar refractivity (Wildman–Crippen MR) is 77.3 cm³/mol. The molecule has 17 heavy (non-hydrogen) atoms. The van der Waals surface area contributed by atoms with Crippen molar-refractivity contribution in [3.8, 4) is 0 Å². The largest absolute Gasteiger partial charge is 0.232 e. The lowest BCUT2D eigenvalue weighted by Crippen LogP contribution is -2.59. The summed E-state index contributed by atoms with van der Waals surface area (Å²) >= 11 is 0. The van der Waals surface area contributed by atoms with Crippen molar-refractivity contribution in [3.63, 3.8) is 0 Å². The molecule has 0 aromatic heterocycles. The molecule has 1 aliphatic rings. The van der Waals surface area contributed by atoms with Gasteiger partial charge in [0.15, 0.2) is 7.49 Å². The van der Waals surface area contributed by atoms with Gasteiger partial charge in [-0.3, -0.25) is 0 Å². The van der Waals surface area contributed by atoms with E-state index in [0.29, 0.717) is 5.41 Å². The Kier molecular flexibility index (Phi) is 3.13. The van der Waals surface area contributed by atoms with Crippen molar-refractivity contribution in [2.24, 2.45) is 5.41 Å². The molecule has 0 spiro atoms. The summed E-state index contributed by atoms with van der Waals surface area (Å²) in [6.45, 7) is 12.4. The standard InChI is InChI=1S/C15H24OP/c1-6-16-17(13-10-8-7-9-11-13)12-14(2,3)15(17,4)5/h7-11H,6,12H2,1-5H3/q+1. The molecular weight excluding hydrogens is 227 g/mol. The molecule has 0 saturated carbocycles. The minimum absolute atomic E-state index is 0.275. The number of hydrogen-bond acceptors (Lipinski definition) is 1. The fraction of sp³-hybridized carbons (Fsp3) is 0.600. The maximum atomic E-state index is 6.31. The number of rotatable bonds is 3. The first-order valence-corrected chi connectivity index (χ1v) is 8.35. The lowest BCUT2D eigenvalue weighted by molar-refractivity contribution is 0.214. The van der Waals surface area contributed by atoms with Gasteiger partial charge in [0.2, 0.25) is 0 Å². The quantitative estimate of drug-likeness (QED) is 0.735. The Balaban J connectivity index is 2.44.